The van der Waals surface area contributed by atoms with Gasteiger partial charge in [0.05, 0.1) is 0 Å². The third-order valence-electron chi connectivity index (χ3n) is 2.76. The Morgan fingerprint density at radius 2 is 1.83 bits per heavy atom. The zero-order valence-electron chi connectivity index (χ0n) is 9.54. The van der Waals surface area contributed by atoms with Gasteiger partial charge in [0, 0.05) is 20.6 Å². The van der Waals surface area contributed by atoms with Gasteiger partial charge in [0.1, 0.15) is 0 Å². The molecule has 1 unspecified atom stereocenters. The molecule has 0 amide bonds. The third-order valence-corrected chi connectivity index (χ3v) is 4.07. The lowest BCUT2D eigenvalue weighted by Crippen LogP contribution is -2.14. The Labute approximate surface area is 125 Å². The maximum absolute atomic E-state index is 6.21. The van der Waals surface area contributed by atoms with E-state index in [-0.39, 0.29) is 6.04 Å². The Morgan fingerprint density at radius 3 is 2.50 bits per heavy atom. The highest BCUT2D eigenvalue weighted by atomic mass is 79.9. The van der Waals surface area contributed by atoms with E-state index >= 15 is 0 Å². The quantitative estimate of drug-likeness (QED) is 0.833. The lowest BCUT2D eigenvalue weighted by Gasteiger charge is -2.15. The van der Waals surface area contributed by atoms with Crippen molar-refractivity contribution in [2.45, 2.75) is 12.5 Å². The molecule has 2 aromatic carbocycles. The van der Waals surface area contributed by atoms with Crippen molar-refractivity contribution in [1.29, 1.82) is 0 Å². The molecule has 0 aliphatic heterocycles. The van der Waals surface area contributed by atoms with Crippen molar-refractivity contribution < 1.29 is 0 Å². The zero-order chi connectivity index (χ0) is 13.1. The summed E-state index contributed by atoms with van der Waals surface area (Å²) in [6.45, 7) is 0. The normalized spacial score (nSPS) is 12.4. The molecule has 1 atom stereocenters. The molecule has 4 heteroatoms. The number of halogens is 3. The fraction of sp³-hybridized carbons (Fsp3) is 0.143. The van der Waals surface area contributed by atoms with Gasteiger partial charge >= 0.3 is 0 Å². The monoisotopic (exact) mass is 343 g/mol. The van der Waals surface area contributed by atoms with E-state index in [0.29, 0.717) is 16.5 Å². The Bertz CT molecular complexity index is 557. The fourth-order valence-corrected chi connectivity index (χ4v) is 2.87. The SMILES string of the molecule is NC(Cc1ccc(Cl)cc1Cl)c1ccccc1Br. The smallest absolute Gasteiger partial charge is 0.0453 e. The van der Waals surface area contributed by atoms with Crippen molar-refractivity contribution in [3.63, 3.8) is 0 Å². The van der Waals surface area contributed by atoms with Gasteiger partial charge in [-0.3, -0.25) is 0 Å². The number of hydrogen-bond donors (Lipinski definition) is 1. The summed E-state index contributed by atoms with van der Waals surface area (Å²) in [7, 11) is 0. The summed E-state index contributed by atoms with van der Waals surface area (Å²) in [5.41, 5.74) is 8.29. The zero-order valence-corrected chi connectivity index (χ0v) is 12.6. The molecule has 0 spiro atoms. The highest BCUT2D eigenvalue weighted by Gasteiger charge is 2.12. The van der Waals surface area contributed by atoms with Gasteiger partial charge in [0.2, 0.25) is 0 Å². The minimum atomic E-state index is -0.0979. The summed E-state index contributed by atoms with van der Waals surface area (Å²) in [4.78, 5) is 0. The van der Waals surface area contributed by atoms with E-state index in [1.54, 1.807) is 6.07 Å². The second kappa shape index (κ2) is 6.07. The van der Waals surface area contributed by atoms with Crippen LogP contribution in [-0.4, -0.2) is 0 Å². The first-order valence-electron chi connectivity index (χ1n) is 5.52. The van der Waals surface area contributed by atoms with Crippen LogP contribution in [0.3, 0.4) is 0 Å². The lowest BCUT2D eigenvalue weighted by molar-refractivity contribution is 0.718. The molecule has 0 saturated carbocycles. The molecule has 2 aromatic rings. The fourth-order valence-electron chi connectivity index (χ4n) is 1.81. The van der Waals surface area contributed by atoms with Crippen molar-refractivity contribution in [2.75, 3.05) is 0 Å². The lowest BCUT2D eigenvalue weighted by atomic mass is 10.00. The van der Waals surface area contributed by atoms with Crippen molar-refractivity contribution >= 4 is 39.1 Å². The molecule has 18 heavy (non-hydrogen) atoms. The average Bonchev–Trinajstić information content (AvgIpc) is 2.33. The van der Waals surface area contributed by atoms with Gasteiger partial charge in [-0.15, -0.1) is 0 Å². The van der Waals surface area contributed by atoms with Crippen LogP contribution < -0.4 is 5.73 Å². The first-order chi connectivity index (χ1) is 8.58. The topological polar surface area (TPSA) is 26.0 Å². The average molecular weight is 345 g/mol. The Kier molecular flexibility index (Phi) is 4.68. The van der Waals surface area contributed by atoms with E-state index in [1.165, 1.54) is 0 Å². The van der Waals surface area contributed by atoms with Crippen LogP contribution in [-0.2, 0) is 6.42 Å². The minimum absolute atomic E-state index is 0.0979. The van der Waals surface area contributed by atoms with E-state index in [2.05, 4.69) is 15.9 Å². The van der Waals surface area contributed by atoms with Crippen LogP contribution in [0.1, 0.15) is 17.2 Å². The molecule has 0 aliphatic rings. The van der Waals surface area contributed by atoms with E-state index in [4.69, 9.17) is 28.9 Å². The van der Waals surface area contributed by atoms with Crippen LogP contribution >= 0.6 is 39.1 Å². The van der Waals surface area contributed by atoms with Crippen molar-refractivity contribution in [3.05, 3.63) is 68.1 Å². The first-order valence-corrected chi connectivity index (χ1v) is 7.07. The van der Waals surface area contributed by atoms with E-state index in [1.807, 2.05) is 36.4 Å². The molecule has 0 bridgehead atoms. The van der Waals surface area contributed by atoms with Crippen molar-refractivity contribution in [2.24, 2.45) is 5.73 Å². The molecule has 1 nitrogen and oxygen atoms in total. The second-order valence-corrected chi connectivity index (χ2v) is 5.77. The van der Waals surface area contributed by atoms with E-state index < -0.39 is 0 Å². The van der Waals surface area contributed by atoms with Gasteiger partial charge < -0.3 is 5.73 Å². The van der Waals surface area contributed by atoms with Crippen LogP contribution in [0.15, 0.2) is 46.9 Å². The third kappa shape index (κ3) is 3.27. The van der Waals surface area contributed by atoms with Gasteiger partial charge in [0.25, 0.3) is 0 Å². The summed E-state index contributed by atoms with van der Waals surface area (Å²) in [5, 5.41) is 1.29. The van der Waals surface area contributed by atoms with Gasteiger partial charge in [-0.25, -0.2) is 0 Å². The highest BCUT2D eigenvalue weighted by Crippen LogP contribution is 2.28. The predicted molar refractivity (Wildman–Crippen MR) is 81.2 cm³/mol. The molecule has 0 heterocycles. The van der Waals surface area contributed by atoms with E-state index in [9.17, 15) is 0 Å². The maximum Gasteiger partial charge on any atom is 0.0453 e. The summed E-state index contributed by atoms with van der Waals surface area (Å²) >= 11 is 15.5. The van der Waals surface area contributed by atoms with Crippen molar-refractivity contribution in [3.8, 4) is 0 Å². The Morgan fingerprint density at radius 1 is 1.11 bits per heavy atom. The molecular formula is C14H12BrCl2N. The van der Waals surface area contributed by atoms with Crippen molar-refractivity contribution in [1.82, 2.24) is 0 Å². The molecule has 0 fully saturated rings. The predicted octanol–water partition coefficient (Wildman–Crippen LogP) is 5.00. The number of hydrogen-bond acceptors (Lipinski definition) is 1. The summed E-state index contributed by atoms with van der Waals surface area (Å²) in [5.74, 6) is 0. The molecule has 0 aliphatic carbocycles. The van der Waals surface area contributed by atoms with Gasteiger partial charge in [0.15, 0.2) is 0 Å². The Balaban J connectivity index is 2.21. The molecule has 2 rings (SSSR count). The molecular weight excluding hydrogens is 333 g/mol. The maximum atomic E-state index is 6.21. The second-order valence-electron chi connectivity index (χ2n) is 4.07. The molecule has 2 N–H and O–H groups in total. The minimum Gasteiger partial charge on any atom is -0.324 e. The number of rotatable bonds is 3. The summed E-state index contributed by atoms with van der Waals surface area (Å²) < 4.78 is 1.02. The van der Waals surface area contributed by atoms with Crippen LogP contribution in [0.5, 0.6) is 0 Å². The summed E-state index contributed by atoms with van der Waals surface area (Å²) in [6, 6.07) is 13.3. The van der Waals surface area contributed by atoms with Gasteiger partial charge in [-0.1, -0.05) is 63.4 Å². The standard InChI is InChI=1S/C14H12BrCl2N/c15-12-4-2-1-3-11(12)14(18)7-9-5-6-10(16)8-13(9)17/h1-6,8,14H,7,18H2. The molecule has 0 aromatic heterocycles. The van der Waals surface area contributed by atoms with E-state index in [0.717, 1.165) is 15.6 Å². The first kappa shape index (κ1) is 13.9. The largest absolute Gasteiger partial charge is 0.324 e. The molecule has 0 radical (unpaired) electrons. The number of nitrogens with two attached hydrogens (primary N) is 1. The Hall–Kier alpha value is -0.540. The molecule has 94 valence electrons. The highest BCUT2D eigenvalue weighted by molar-refractivity contribution is 9.10. The van der Waals surface area contributed by atoms with Gasteiger partial charge in [-0.05, 0) is 35.7 Å². The van der Waals surface area contributed by atoms with Crippen LogP contribution in [0, 0.1) is 0 Å². The van der Waals surface area contributed by atoms with Crippen LogP contribution in [0.4, 0.5) is 0 Å². The van der Waals surface area contributed by atoms with Gasteiger partial charge in [-0.2, -0.15) is 0 Å². The molecule has 0 saturated heterocycles. The summed E-state index contributed by atoms with van der Waals surface area (Å²) in [6.07, 6.45) is 0.679. The number of benzene rings is 2. The van der Waals surface area contributed by atoms with Crippen LogP contribution in [0.25, 0.3) is 0 Å². The van der Waals surface area contributed by atoms with Crippen LogP contribution in [0.2, 0.25) is 10.0 Å².